The second-order valence-electron chi connectivity index (χ2n) is 9.05. The molecule has 146 valence electrons. The van der Waals surface area contributed by atoms with E-state index in [4.69, 9.17) is 14.2 Å². The summed E-state index contributed by atoms with van der Waals surface area (Å²) in [6.45, 7) is 2.14. The van der Waals surface area contributed by atoms with E-state index in [1.807, 2.05) is 0 Å². The van der Waals surface area contributed by atoms with E-state index >= 15 is 0 Å². The first-order valence-electron chi connectivity index (χ1n) is 9.91. The lowest BCUT2D eigenvalue weighted by Crippen LogP contribution is -2.68. The van der Waals surface area contributed by atoms with E-state index in [2.05, 4.69) is 13.0 Å². The molecule has 0 bridgehead atoms. The molecule has 0 saturated heterocycles. The largest absolute Gasteiger partial charge is 0.386 e. The third-order valence-corrected chi connectivity index (χ3v) is 8.37. The first kappa shape index (κ1) is 18.6. The predicted molar refractivity (Wildman–Crippen MR) is 96.6 cm³/mol. The summed E-state index contributed by atoms with van der Waals surface area (Å²) < 4.78 is 17.5. The predicted octanol–water partition coefficient (Wildman–Crippen LogP) is 3.00. The maximum Gasteiger partial charge on any atom is 0.170 e. The second kappa shape index (κ2) is 5.87. The van der Waals surface area contributed by atoms with Crippen molar-refractivity contribution in [3.8, 4) is 0 Å². The normalized spacial score (nSPS) is 47.0. The highest BCUT2D eigenvalue weighted by atomic mass is 16.7. The second-order valence-corrected chi connectivity index (χ2v) is 9.05. The molecular weight excluding hydrogens is 332 g/mol. The van der Waals surface area contributed by atoms with Crippen LogP contribution in [0.25, 0.3) is 0 Å². The van der Waals surface area contributed by atoms with Crippen LogP contribution in [0.1, 0.15) is 58.3 Å². The van der Waals surface area contributed by atoms with Gasteiger partial charge in [-0.25, -0.2) is 0 Å². The van der Waals surface area contributed by atoms with E-state index in [0.717, 1.165) is 19.3 Å². The fourth-order valence-electron chi connectivity index (χ4n) is 6.73. The minimum atomic E-state index is -1.01. The third kappa shape index (κ3) is 2.15. The van der Waals surface area contributed by atoms with E-state index in [-0.39, 0.29) is 5.41 Å². The zero-order chi connectivity index (χ0) is 18.8. The molecule has 3 fully saturated rings. The zero-order valence-corrected chi connectivity index (χ0v) is 16.5. The van der Waals surface area contributed by atoms with E-state index in [1.165, 1.54) is 5.57 Å². The Morgan fingerprint density at radius 1 is 1.08 bits per heavy atom. The number of fused-ring (bicyclic) bond motifs is 5. The number of aliphatic hydroxyl groups is 1. The fourth-order valence-corrected chi connectivity index (χ4v) is 6.73. The number of hydrogen-bond acceptors (Lipinski definition) is 5. The summed E-state index contributed by atoms with van der Waals surface area (Å²) >= 11 is 0. The van der Waals surface area contributed by atoms with Crippen molar-refractivity contribution in [2.24, 2.45) is 17.3 Å². The van der Waals surface area contributed by atoms with Crippen LogP contribution in [0.3, 0.4) is 0 Å². The molecular formula is C21H32O5. The minimum absolute atomic E-state index is 0.226. The van der Waals surface area contributed by atoms with E-state index < -0.39 is 17.0 Å². The Kier molecular flexibility index (Phi) is 4.20. The highest BCUT2D eigenvalue weighted by Crippen LogP contribution is 2.63. The van der Waals surface area contributed by atoms with Crippen molar-refractivity contribution in [2.75, 3.05) is 21.3 Å². The Hall–Kier alpha value is -0.750. The molecule has 4 aliphatic carbocycles. The van der Waals surface area contributed by atoms with Crippen LogP contribution in [0.15, 0.2) is 11.6 Å². The molecule has 0 unspecified atom stereocenters. The van der Waals surface area contributed by atoms with Gasteiger partial charge in [-0.3, -0.25) is 4.79 Å². The van der Waals surface area contributed by atoms with Crippen molar-refractivity contribution in [1.29, 1.82) is 0 Å². The molecule has 0 heterocycles. The molecule has 0 amide bonds. The molecule has 26 heavy (non-hydrogen) atoms. The van der Waals surface area contributed by atoms with E-state index in [1.54, 1.807) is 21.3 Å². The third-order valence-electron chi connectivity index (χ3n) is 8.37. The Morgan fingerprint density at radius 2 is 1.81 bits per heavy atom. The average molecular weight is 364 g/mol. The molecule has 3 saturated carbocycles. The number of rotatable bonds is 3. The SMILES string of the molecule is COC1(OC)CC[C@]2(OC)C3=CC[C@]4(C)C(=O)CC[C@H]4[C@@H]3CC[C@@]2(O)C1. The summed E-state index contributed by atoms with van der Waals surface area (Å²) in [5.41, 5.74) is -0.698. The van der Waals surface area contributed by atoms with Gasteiger partial charge in [-0.05, 0) is 49.5 Å². The Balaban J connectivity index is 1.75. The van der Waals surface area contributed by atoms with Crippen molar-refractivity contribution in [3.05, 3.63) is 11.6 Å². The molecule has 0 aromatic carbocycles. The molecule has 0 aliphatic heterocycles. The number of carbonyl (C=O) groups is 1. The Bertz CT molecular complexity index is 638. The summed E-state index contributed by atoms with van der Waals surface area (Å²) in [7, 11) is 5.01. The van der Waals surface area contributed by atoms with Gasteiger partial charge in [0.1, 0.15) is 17.0 Å². The van der Waals surface area contributed by atoms with Gasteiger partial charge in [0.25, 0.3) is 0 Å². The van der Waals surface area contributed by atoms with Crippen LogP contribution in [0.2, 0.25) is 0 Å². The molecule has 1 N–H and O–H groups in total. The summed E-state index contributed by atoms with van der Waals surface area (Å²) in [6.07, 6.45) is 7.96. The first-order valence-corrected chi connectivity index (χ1v) is 9.91. The van der Waals surface area contributed by atoms with Gasteiger partial charge in [0.15, 0.2) is 5.79 Å². The lowest BCUT2D eigenvalue weighted by Gasteiger charge is -2.61. The van der Waals surface area contributed by atoms with Crippen molar-refractivity contribution >= 4 is 5.78 Å². The van der Waals surface area contributed by atoms with Crippen LogP contribution in [-0.4, -0.2) is 49.2 Å². The quantitative estimate of drug-likeness (QED) is 0.616. The van der Waals surface area contributed by atoms with Gasteiger partial charge >= 0.3 is 0 Å². The van der Waals surface area contributed by atoms with Gasteiger partial charge in [-0.1, -0.05) is 13.0 Å². The molecule has 5 heteroatoms. The Labute approximate surface area is 156 Å². The van der Waals surface area contributed by atoms with Crippen molar-refractivity contribution in [3.63, 3.8) is 0 Å². The van der Waals surface area contributed by atoms with Crippen molar-refractivity contribution in [2.45, 2.75) is 75.3 Å². The number of Topliss-reactive ketones (excluding diaryl/α,β-unsaturated/α-hetero) is 1. The van der Waals surface area contributed by atoms with Crippen LogP contribution >= 0.6 is 0 Å². The monoisotopic (exact) mass is 364 g/mol. The van der Waals surface area contributed by atoms with E-state index in [0.29, 0.717) is 49.7 Å². The highest BCUT2D eigenvalue weighted by Gasteiger charge is 2.66. The number of hydrogen-bond donors (Lipinski definition) is 1. The smallest absolute Gasteiger partial charge is 0.170 e. The van der Waals surface area contributed by atoms with Gasteiger partial charge in [-0.15, -0.1) is 0 Å². The van der Waals surface area contributed by atoms with Crippen LogP contribution in [0.5, 0.6) is 0 Å². The van der Waals surface area contributed by atoms with Crippen LogP contribution in [-0.2, 0) is 19.0 Å². The summed E-state index contributed by atoms with van der Waals surface area (Å²) in [4.78, 5) is 12.5. The molecule has 5 atom stereocenters. The standard InChI is InChI=1S/C21H32O5/c1-18-9-8-16-14(15(18)5-6-17(18)22)7-10-19(23)13-20(24-2,25-3)11-12-21(16,19)26-4/h8,14-15,23H,5-7,9-13H2,1-4H3/t14-,15-,18-,19+,21-/m0/s1. The molecule has 4 aliphatic rings. The molecule has 0 spiro atoms. The minimum Gasteiger partial charge on any atom is -0.386 e. The highest BCUT2D eigenvalue weighted by molar-refractivity contribution is 5.87. The zero-order valence-electron chi connectivity index (χ0n) is 16.5. The molecule has 0 aromatic heterocycles. The molecule has 4 rings (SSSR count). The van der Waals surface area contributed by atoms with Gasteiger partial charge < -0.3 is 19.3 Å². The van der Waals surface area contributed by atoms with Crippen molar-refractivity contribution in [1.82, 2.24) is 0 Å². The summed E-state index contributed by atoms with van der Waals surface area (Å²) in [5, 5.41) is 11.7. The number of carbonyl (C=O) groups excluding carboxylic acids is 1. The fraction of sp³-hybridized carbons (Fsp3) is 0.857. The van der Waals surface area contributed by atoms with Gasteiger partial charge in [0, 0.05) is 46.0 Å². The number of ketones is 1. The summed E-state index contributed by atoms with van der Waals surface area (Å²) in [6, 6.07) is 0. The summed E-state index contributed by atoms with van der Waals surface area (Å²) in [5.74, 6) is 0.365. The molecule has 0 aromatic rings. The van der Waals surface area contributed by atoms with Gasteiger partial charge in [0.05, 0.1) is 0 Å². The number of allylic oxidation sites excluding steroid dienone is 1. The van der Waals surface area contributed by atoms with Gasteiger partial charge in [-0.2, -0.15) is 0 Å². The van der Waals surface area contributed by atoms with Gasteiger partial charge in [0.2, 0.25) is 0 Å². The molecule has 0 radical (unpaired) electrons. The van der Waals surface area contributed by atoms with Crippen LogP contribution < -0.4 is 0 Å². The topological polar surface area (TPSA) is 65.0 Å². The maximum atomic E-state index is 12.5. The first-order chi connectivity index (χ1) is 12.3. The van der Waals surface area contributed by atoms with Crippen LogP contribution in [0, 0.1) is 17.3 Å². The van der Waals surface area contributed by atoms with Crippen molar-refractivity contribution < 1.29 is 24.1 Å². The number of ether oxygens (including phenoxy) is 3. The maximum absolute atomic E-state index is 12.5. The average Bonchev–Trinajstić information content (AvgIpc) is 2.95. The lowest BCUT2D eigenvalue weighted by molar-refractivity contribution is -0.302. The number of methoxy groups -OCH3 is 3. The van der Waals surface area contributed by atoms with Crippen LogP contribution in [0.4, 0.5) is 0 Å². The Morgan fingerprint density at radius 3 is 2.46 bits per heavy atom. The lowest BCUT2D eigenvalue weighted by atomic mass is 9.51. The van der Waals surface area contributed by atoms with E-state index in [9.17, 15) is 9.90 Å². The molecule has 5 nitrogen and oxygen atoms in total.